The maximum atomic E-state index is 10.7. The SMILES string of the molecule is N=Cc1cc(OC2CCN(Cc3ccc([N+](=O)[O-])cc3)CC2)ccc1N. The van der Waals surface area contributed by atoms with E-state index >= 15 is 0 Å². The van der Waals surface area contributed by atoms with E-state index in [0.29, 0.717) is 11.3 Å². The van der Waals surface area contributed by atoms with Crippen molar-refractivity contribution in [2.75, 3.05) is 18.8 Å². The second kappa shape index (κ2) is 7.97. The summed E-state index contributed by atoms with van der Waals surface area (Å²) in [6, 6.07) is 12.1. The Kier molecular flexibility index (Phi) is 5.48. The second-order valence-electron chi connectivity index (χ2n) is 6.45. The zero-order valence-electron chi connectivity index (χ0n) is 14.4. The summed E-state index contributed by atoms with van der Waals surface area (Å²) in [6.45, 7) is 2.60. The van der Waals surface area contributed by atoms with Gasteiger partial charge in [-0.1, -0.05) is 12.1 Å². The molecule has 1 fully saturated rings. The minimum absolute atomic E-state index is 0.119. The first-order valence-corrected chi connectivity index (χ1v) is 8.57. The Bertz CT molecular complexity index is 784. The number of piperidine rings is 1. The molecular formula is C19H22N4O3. The van der Waals surface area contributed by atoms with Gasteiger partial charge in [-0.25, -0.2) is 0 Å². The molecule has 0 aromatic heterocycles. The van der Waals surface area contributed by atoms with E-state index in [9.17, 15) is 10.1 Å². The van der Waals surface area contributed by atoms with Gasteiger partial charge in [0.25, 0.3) is 5.69 Å². The lowest BCUT2D eigenvalue weighted by molar-refractivity contribution is -0.384. The summed E-state index contributed by atoms with van der Waals surface area (Å²) in [4.78, 5) is 12.7. The molecule has 136 valence electrons. The number of nitro benzene ring substituents is 1. The van der Waals surface area contributed by atoms with Crippen molar-refractivity contribution in [2.24, 2.45) is 0 Å². The van der Waals surface area contributed by atoms with Crippen LogP contribution in [0.5, 0.6) is 5.75 Å². The van der Waals surface area contributed by atoms with Crippen LogP contribution >= 0.6 is 0 Å². The molecule has 1 heterocycles. The Hall–Kier alpha value is -2.93. The molecule has 3 N–H and O–H groups in total. The van der Waals surface area contributed by atoms with Crippen molar-refractivity contribution in [1.82, 2.24) is 4.90 Å². The summed E-state index contributed by atoms with van der Waals surface area (Å²) < 4.78 is 6.03. The second-order valence-corrected chi connectivity index (χ2v) is 6.45. The predicted octanol–water partition coefficient (Wildman–Crippen LogP) is 3.22. The molecule has 7 nitrogen and oxygen atoms in total. The van der Waals surface area contributed by atoms with E-state index in [1.807, 2.05) is 18.2 Å². The lowest BCUT2D eigenvalue weighted by Crippen LogP contribution is -2.37. The maximum Gasteiger partial charge on any atom is 0.269 e. The van der Waals surface area contributed by atoms with Gasteiger partial charge in [0.1, 0.15) is 11.9 Å². The van der Waals surface area contributed by atoms with Gasteiger partial charge in [0.05, 0.1) is 4.92 Å². The molecule has 0 spiro atoms. The van der Waals surface area contributed by atoms with Gasteiger partial charge in [0, 0.05) is 49.2 Å². The van der Waals surface area contributed by atoms with Crippen LogP contribution in [-0.2, 0) is 6.54 Å². The molecule has 0 amide bonds. The zero-order valence-corrected chi connectivity index (χ0v) is 14.4. The number of likely N-dealkylation sites (tertiary alicyclic amines) is 1. The van der Waals surface area contributed by atoms with Crippen LogP contribution in [0, 0.1) is 15.5 Å². The third-order valence-corrected chi connectivity index (χ3v) is 4.60. The van der Waals surface area contributed by atoms with Gasteiger partial charge in [0.2, 0.25) is 0 Å². The number of ether oxygens (including phenoxy) is 1. The van der Waals surface area contributed by atoms with Crippen LogP contribution in [0.25, 0.3) is 0 Å². The molecule has 3 rings (SSSR count). The number of nitro groups is 1. The first-order chi connectivity index (χ1) is 12.5. The molecule has 0 saturated carbocycles. The number of non-ortho nitro benzene ring substituents is 1. The Morgan fingerprint density at radius 2 is 1.92 bits per heavy atom. The fourth-order valence-electron chi connectivity index (χ4n) is 3.11. The highest BCUT2D eigenvalue weighted by Crippen LogP contribution is 2.23. The summed E-state index contributed by atoms with van der Waals surface area (Å²) in [5.41, 5.74) is 8.23. The number of benzene rings is 2. The van der Waals surface area contributed by atoms with Crippen LogP contribution in [0.3, 0.4) is 0 Å². The van der Waals surface area contributed by atoms with Crippen molar-refractivity contribution in [3.63, 3.8) is 0 Å². The molecule has 26 heavy (non-hydrogen) atoms. The summed E-state index contributed by atoms with van der Waals surface area (Å²) in [6.07, 6.45) is 3.20. The summed E-state index contributed by atoms with van der Waals surface area (Å²) in [7, 11) is 0. The van der Waals surface area contributed by atoms with E-state index in [1.165, 1.54) is 6.21 Å². The molecule has 0 aliphatic carbocycles. The van der Waals surface area contributed by atoms with Crippen molar-refractivity contribution in [3.05, 3.63) is 63.7 Å². The van der Waals surface area contributed by atoms with Gasteiger partial charge in [-0.2, -0.15) is 0 Å². The van der Waals surface area contributed by atoms with Gasteiger partial charge in [0.15, 0.2) is 0 Å². The number of nitrogens with two attached hydrogens (primary N) is 1. The van der Waals surface area contributed by atoms with Gasteiger partial charge in [-0.15, -0.1) is 0 Å². The standard InChI is InChI=1S/C19H22N4O3/c20-12-15-11-18(5-6-19(15)21)26-17-7-9-22(10-8-17)13-14-1-3-16(4-2-14)23(24)25/h1-6,11-12,17,20H,7-10,13,21H2. The highest BCUT2D eigenvalue weighted by molar-refractivity contribution is 5.85. The highest BCUT2D eigenvalue weighted by atomic mass is 16.6. The monoisotopic (exact) mass is 354 g/mol. The van der Waals surface area contributed by atoms with Crippen LogP contribution in [0.2, 0.25) is 0 Å². The molecule has 2 aromatic carbocycles. The Balaban J connectivity index is 1.51. The molecule has 1 aliphatic heterocycles. The molecule has 0 atom stereocenters. The largest absolute Gasteiger partial charge is 0.490 e. The smallest absolute Gasteiger partial charge is 0.269 e. The van der Waals surface area contributed by atoms with Gasteiger partial charge >= 0.3 is 0 Å². The molecule has 0 radical (unpaired) electrons. The number of nitrogens with one attached hydrogen (secondary N) is 1. The molecule has 1 aliphatic rings. The van der Waals surface area contributed by atoms with E-state index in [-0.39, 0.29) is 16.7 Å². The first kappa shape index (κ1) is 17.9. The maximum absolute atomic E-state index is 10.7. The summed E-state index contributed by atoms with van der Waals surface area (Å²) in [5.74, 6) is 0.742. The Labute approximate surface area is 152 Å². The minimum atomic E-state index is -0.381. The van der Waals surface area contributed by atoms with Crippen LogP contribution < -0.4 is 10.5 Å². The van der Waals surface area contributed by atoms with Crippen molar-refractivity contribution < 1.29 is 9.66 Å². The predicted molar refractivity (Wildman–Crippen MR) is 101 cm³/mol. The molecule has 7 heteroatoms. The van der Waals surface area contributed by atoms with E-state index in [0.717, 1.165) is 43.8 Å². The zero-order chi connectivity index (χ0) is 18.5. The normalized spacial score (nSPS) is 15.5. The Morgan fingerprint density at radius 1 is 1.23 bits per heavy atom. The molecule has 2 aromatic rings. The number of nitrogens with zero attached hydrogens (tertiary/aromatic N) is 2. The molecule has 0 bridgehead atoms. The summed E-state index contributed by atoms with van der Waals surface area (Å²) in [5, 5.41) is 18.1. The number of anilines is 1. The lowest BCUT2D eigenvalue weighted by atomic mass is 10.1. The van der Waals surface area contributed by atoms with Crippen molar-refractivity contribution in [2.45, 2.75) is 25.5 Å². The third kappa shape index (κ3) is 4.37. The van der Waals surface area contributed by atoms with Crippen LogP contribution in [-0.4, -0.2) is 35.2 Å². The van der Waals surface area contributed by atoms with Crippen molar-refractivity contribution >= 4 is 17.6 Å². The average molecular weight is 354 g/mol. The van der Waals surface area contributed by atoms with Gasteiger partial charge in [-0.3, -0.25) is 15.0 Å². The van der Waals surface area contributed by atoms with E-state index in [4.69, 9.17) is 15.9 Å². The van der Waals surface area contributed by atoms with E-state index in [2.05, 4.69) is 4.90 Å². The first-order valence-electron chi connectivity index (χ1n) is 8.57. The molecule has 0 unspecified atom stereocenters. The topological polar surface area (TPSA) is 105 Å². The number of hydrogen-bond acceptors (Lipinski definition) is 6. The van der Waals surface area contributed by atoms with Crippen LogP contribution in [0.15, 0.2) is 42.5 Å². The van der Waals surface area contributed by atoms with Crippen LogP contribution in [0.4, 0.5) is 11.4 Å². The van der Waals surface area contributed by atoms with Crippen molar-refractivity contribution in [3.8, 4) is 5.75 Å². The van der Waals surface area contributed by atoms with Gasteiger partial charge < -0.3 is 15.9 Å². The lowest BCUT2D eigenvalue weighted by Gasteiger charge is -2.32. The van der Waals surface area contributed by atoms with E-state index < -0.39 is 0 Å². The highest BCUT2D eigenvalue weighted by Gasteiger charge is 2.21. The minimum Gasteiger partial charge on any atom is -0.490 e. The average Bonchev–Trinajstić information content (AvgIpc) is 2.65. The van der Waals surface area contributed by atoms with Gasteiger partial charge in [-0.05, 0) is 36.6 Å². The molecule has 1 saturated heterocycles. The Morgan fingerprint density at radius 3 is 2.54 bits per heavy atom. The fourth-order valence-corrected chi connectivity index (χ4v) is 3.11. The van der Waals surface area contributed by atoms with E-state index in [1.54, 1.807) is 24.3 Å². The fraction of sp³-hybridized carbons (Fsp3) is 0.316. The quantitative estimate of drug-likeness (QED) is 0.359. The number of hydrogen-bond donors (Lipinski definition) is 2. The summed E-state index contributed by atoms with van der Waals surface area (Å²) >= 11 is 0. The molecular weight excluding hydrogens is 332 g/mol. The van der Waals surface area contributed by atoms with Crippen molar-refractivity contribution in [1.29, 1.82) is 5.41 Å². The number of rotatable bonds is 6. The number of nitrogen functional groups attached to an aromatic ring is 1. The third-order valence-electron chi connectivity index (χ3n) is 4.60. The van der Waals surface area contributed by atoms with Crippen LogP contribution in [0.1, 0.15) is 24.0 Å².